The number of amides is 1. The smallest absolute Gasteiger partial charge is 0.262 e. The summed E-state index contributed by atoms with van der Waals surface area (Å²) in [7, 11) is -2.68. The molecule has 0 bridgehead atoms. The molecule has 0 aliphatic heterocycles. The molecule has 0 saturated carbocycles. The number of carbonyl (C=O) groups excluding carboxylic acids is 1. The molecule has 0 aliphatic carbocycles. The summed E-state index contributed by atoms with van der Waals surface area (Å²) < 4.78 is 34.5. The van der Waals surface area contributed by atoms with E-state index in [0.717, 1.165) is 4.31 Å². The van der Waals surface area contributed by atoms with E-state index in [9.17, 15) is 18.4 Å². The second-order valence-corrected chi connectivity index (χ2v) is 9.99. The third kappa shape index (κ3) is 6.73. The highest BCUT2D eigenvalue weighted by atomic mass is 32.2. The minimum Gasteiger partial charge on any atom is -0.481 e. The van der Waals surface area contributed by atoms with Crippen LogP contribution in [-0.2, 0) is 21.4 Å². The number of carbonyl (C=O) groups is 1. The summed E-state index contributed by atoms with van der Waals surface area (Å²) in [5.41, 5.74) is 1.59. The number of imidazole rings is 1. The molecule has 0 aliphatic rings. The van der Waals surface area contributed by atoms with Gasteiger partial charge in [-0.3, -0.25) is 10.0 Å². The van der Waals surface area contributed by atoms with E-state index in [1.54, 1.807) is 31.9 Å². The maximum Gasteiger partial charge on any atom is 0.262 e. The molecule has 0 saturated heterocycles. The maximum absolute atomic E-state index is 13.1. The molecule has 0 fully saturated rings. The zero-order chi connectivity index (χ0) is 22.9. The van der Waals surface area contributed by atoms with E-state index in [2.05, 4.69) is 16.8 Å². The number of aromatic nitrogens is 2. The summed E-state index contributed by atoms with van der Waals surface area (Å²) in [6.45, 7) is 4.30. The first-order chi connectivity index (χ1) is 14.8. The zero-order valence-corrected chi connectivity index (χ0v) is 19.2. The molecule has 1 aromatic heterocycles. The number of aryl methyl sites for hydroxylation is 1. The number of sulfonamides is 1. The van der Waals surface area contributed by atoms with Crippen molar-refractivity contribution < 1.29 is 23.2 Å². The van der Waals surface area contributed by atoms with E-state index in [4.69, 9.17) is 4.74 Å². The van der Waals surface area contributed by atoms with Gasteiger partial charge in [0.25, 0.3) is 5.91 Å². The van der Waals surface area contributed by atoms with Gasteiger partial charge in [-0.15, -0.1) is 5.92 Å². The molecule has 11 heteroatoms. The molecular weight excluding hydrogens is 440 g/mol. The number of rotatable bonds is 11. The summed E-state index contributed by atoms with van der Waals surface area (Å²) in [6, 6.07) is 4.76. The van der Waals surface area contributed by atoms with Gasteiger partial charge in [0.15, 0.2) is 0 Å². The topological polar surface area (TPSA) is 114 Å². The Morgan fingerprint density at radius 2 is 2.10 bits per heavy atom. The Kier molecular flexibility index (Phi) is 9.39. The van der Waals surface area contributed by atoms with Gasteiger partial charge in [-0.1, -0.05) is 12.8 Å². The summed E-state index contributed by atoms with van der Waals surface area (Å²) in [6.07, 6.45) is 5.17. The van der Waals surface area contributed by atoms with Crippen molar-refractivity contribution in [2.45, 2.75) is 36.6 Å². The Balaban J connectivity index is 2.13. The fourth-order valence-electron chi connectivity index (χ4n) is 2.81. The van der Waals surface area contributed by atoms with Crippen molar-refractivity contribution in [3.05, 3.63) is 43.0 Å². The molecular formula is C20H26N4O5S2. The Hall–Kier alpha value is -2.52. The number of thioether (sulfide) groups is 1. The van der Waals surface area contributed by atoms with E-state index < -0.39 is 27.2 Å². The third-order valence-corrected chi connectivity index (χ3v) is 7.55. The highest BCUT2D eigenvalue weighted by Crippen LogP contribution is 2.25. The third-order valence-electron chi connectivity index (χ3n) is 4.49. The molecule has 168 valence electrons. The molecule has 2 N–H and O–H groups in total. The monoisotopic (exact) mass is 466 g/mol. The average molecular weight is 467 g/mol. The van der Waals surface area contributed by atoms with Crippen LogP contribution in [0.3, 0.4) is 0 Å². The number of hydrogen-bond acceptors (Lipinski definition) is 7. The van der Waals surface area contributed by atoms with E-state index in [1.807, 2.05) is 10.8 Å². The number of ether oxygens (including phenoxy) is 1. The van der Waals surface area contributed by atoms with Crippen LogP contribution in [0.1, 0.15) is 13.8 Å². The number of likely N-dealkylation sites (N-methyl/N-ethyl adjacent to an activating group) is 1. The summed E-state index contributed by atoms with van der Waals surface area (Å²) in [5, 5.41) is 8.76. The van der Waals surface area contributed by atoms with E-state index in [0.29, 0.717) is 18.0 Å². The highest BCUT2D eigenvalue weighted by Gasteiger charge is 2.37. The molecule has 9 nitrogen and oxygen atoms in total. The Morgan fingerprint density at radius 3 is 2.68 bits per heavy atom. The van der Waals surface area contributed by atoms with Crippen LogP contribution in [0.2, 0.25) is 0 Å². The van der Waals surface area contributed by atoms with E-state index in [1.165, 1.54) is 43.1 Å². The summed E-state index contributed by atoms with van der Waals surface area (Å²) in [4.78, 5) is 16.3. The molecule has 0 spiro atoms. The molecule has 31 heavy (non-hydrogen) atoms. The lowest BCUT2D eigenvalue weighted by Gasteiger charge is -2.30. The van der Waals surface area contributed by atoms with Crippen LogP contribution >= 0.6 is 11.8 Å². The number of benzene rings is 1. The van der Waals surface area contributed by atoms with Gasteiger partial charge in [0, 0.05) is 37.0 Å². The van der Waals surface area contributed by atoms with Crippen molar-refractivity contribution in [2.75, 3.05) is 19.4 Å². The van der Waals surface area contributed by atoms with Gasteiger partial charge in [-0.25, -0.2) is 18.9 Å². The number of nitrogens with one attached hydrogen (secondary N) is 1. The van der Waals surface area contributed by atoms with Crippen molar-refractivity contribution >= 4 is 27.7 Å². The molecule has 2 aromatic rings. The number of hydroxylamine groups is 1. The van der Waals surface area contributed by atoms with Crippen LogP contribution in [0.15, 0.2) is 47.9 Å². The fourth-order valence-corrected chi connectivity index (χ4v) is 5.45. The predicted octanol–water partition coefficient (Wildman–Crippen LogP) is 1.60. The molecule has 2 unspecified atom stereocenters. The van der Waals surface area contributed by atoms with Gasteiger partial charge >= 0.3 is 0 Å². The molecule has 1 heterocycles. The first-order valence-electron chi connectivity index (χ1n) is 9.43. The number of hydrogen-bond donors (Lipinski definition) is 2. The van der Waals surface area contributed by atoms with Crippen LogP contribution in [0.4, 0.5) is 0 Å². The minimum atomic E-state index is -4.00. The van der Waals surface area contributed by atoms with Crippen LogP contribution in [0.25, 0.3) is 0 Å². The Labute approximate surface area is 186 Å². The van der Waals surface area contributed by atoms with Gasteiger partial charge in [-0.05, 0) is 31.2 Å². The zero-order valence-electron chi connectivity index (χ0n) is 17.6. The largest absolute Gasteiger partial charge is 0.481 e. The fraction of sp³-hybridized carbons (Fsp3) is 0.400. The normalized spacial score (nSPS) is 13.2. The average Bonchev–Trinajstić information content (AvgIpc) is 3.27. The quantitative estimate of drug-likeness (QED) is 0.294. The van der Waals surface area contributed by atoms with Gasteiger partial charge in [-0.2, -0.15) is 16.1 Å². The lowest BCUT2D eigenvalue weighted by Crippen LogP contribution is -2.51. The SMILES string of the molecule is CC#CCOc1ccc(S(=O)(=O)N(C)C(C(=O)NO)C(C)SCCn2ccnc2)cc1. The van der Waals surface area contributed by atoms with Crippen LogP contribution in [0.5, 0.6) is 5.75 Å². The lowest BCUT2D eigenvalue weighted by molar-refractivity contribution is -0.132. The van der Waals surface area contributed by atoms with Crippen molar-refractivity contribution in [3.63, 3.8) is 0 Å². The van der Waals surface area contributed by atoms with Crippen LogP contribution in [0, 0.1) is 11.8 Å². The predicted molar refractivity (Wildman–Crippen MR) is 118 cm³/mol. The van der Waals surface area contributed by atoms with Gasteiger partial charge < -0.3 is 9.30 Å². The van der Waals surface area contributed by atoms with E-state index in [-0.39, 0.29) is 11.5 Å². The Bertz CT molecular complexity index is 998. The van der Waals surface area contributed by atoms with Crippen molar-refractivity contribution in [2.24, 2.45) is 0 Å². The van der Waals surface area contributed by atoms with Crippen molar-refractivity contribution in [1.82, 2.24) is 19.3 Å². The molecule has 0 radical (unpaired) electrons. The molecule has 1 aromatic carbocycles. The lowest BCUT2D eigenvalue weighted by atomic mass is 10.2. The maximum atomic E-state index is 13.1. The van der Waals surface area contributed by atoms with Gasteiger partial charge in [0.1, 0.15) is 18.4 Å². The first-order valence-corrected chi connectivity index (χ1v) is 11.9. The summed E-state index contributed by atoms with van der Waals surface area (Å²) in [5.74, 6) is 5.78. The van der Waals surface area contributed by atoms with Gasteiger partial charge in [0.2, 0.25) is 10.0 Å². The van der Waals surface area contributed by atoms with E-state index >= 15 is 0 Å². The molecule has 2 atom stereocenters. The Morgan fingerprint density at radius 1 is 1.39 bits per heavy atom. The second kappa shape index (κ2) is 11.8. The van der Waals surface area contributed by atoms with Gasteiger partial charge in [0.05, 0.1) is 11.2 Å². The number of nitrogens with zero attached hydrogens (tertiary/aromatic N) is 3. The van der Waals surface area contributed by atoms with Crippen LogP contribution in [-0.4, -0.2) is 64.1 Å². The highest BCUT2D eigenvalue weighted by molar-refractivity contribution is 8.00. The first kappa shape index (κ1) is 24.7. The summed E-state index contributed by atoms with van der Waals surface area (Å²) >= 11 is 1.42. The second-order valence-electron chi connectivity index (χ2n) is 6.51. The van der Waals surface area contributed by atoms with Crippen molar-refractivity contribution in [3.8, 4) is 17.6 Å². The standard InChI is InChI=1S/C20H26N4O5S2/c1-4-5-13-29-17-6-8-18(9-7-17)31(27,28)23(3)19(20(25)22-26)16(2)30-14-12-24-11-10-21-15-24/h6-11,15-16,19,26H,12-14H2,1-3H3,(H,22,25). The minimum absolute atomic E-state index is 0.00952. The molecule has 1 amide bonds. The van der Waals surface area contributed by atoms with Crippen LogP contribution < -0.4 is 10.2 Å². The molecule has 2 rings (SSSR count). The van der Waals surface area contributed by atoms with Crippen molar-refractivity contribution in [1.29, 1.82) is 0 Å².